The average Bonchev–Trinajstić information content (AvgIpc) is 2.81. The Bertz CT molecular complexity index is 968. The summed E-state index contributed by atoms with van der Waals surface area (Å²) in [6, 6.07) is 17.2. The van der Waals surface area contributed by atoms with Gasteiger partial charge < -0.3 is 20.1 Å². The van der Waals surface area contributed by atoms with E-state index in [1.54, 1.807) is 25.6 Å². The lowest BCUT2D eigenvalue weighted by atomic mass is 10.0. The molecule has 0 radical (unpaired) electrons. The number of amides is 1. The number of methoxy groups -OCH3 is 1. The van der Waals surface area contributed by atoms with Gasteiger partial charge in [-0.25, -0.2) is 4.39 Å². The fourth-order valence-corrected chi connectivity index (χ4v) is 3.23. The molecule has 0 saturated carbocycles. The highest BCUT2D eigenvalue weighted by Gasteiger charge is 2.19. The molecule has 3 aromatic rings. The maximum Gasteiger partial charge on any atom is 0.241 e. The first-order valence-corrected chi connectivity index (χ1v) is 10.5. The van der Waals surface area contributed by atoms with Crippen LogP contribution in [0, 0.1) is 5.82 Å². The summed E-state index contributed by atoms with van der Waals surface area (Å²) >= 11 is 0. The molecule has 2 aromatic carbocycles. The zero-order valence-electron chi connectivity index (χ0n) is 18.1. The van der Waals surface area contributed by atoms with Crippen LogP contribution in [-0.2, 0) is 20.7 Å². The van der Waals surface area contributed by atoms with Crippen LogP contribution in [0.4, 0.5) is 10.1 Å². The fraction of sp³-hybridized carbons (Fsp3) is 0.280. The van der Waals surface area contributed by atoms with Gasteiger partial charge in [0.1, 0.15) is 5.82 Å². The molecule has 7 heteroatoms. The van der Waals surface area contributed by atoms with Crippen molar-refractivity contribution in [2.45, 2.75) is 12.5 Å². The van der Waals surface area contributed by atoms with Gasteiger partial charge in [0, 0.05) is 31.7 Å². The lowest BCUT2D eigenvalue weighted by Crippen LogP contribution is -2.43. The van der Waals surface area contributed by atoms with Gasteiger partial charge in [-0.3, -0.25) is 9.78 Å². The summed E-state index contributed by atoms with van der Waals surface area (Å²) in [4.78, 5) is 17.0. The Labute approximate surface area is 187 Å². The monoisotopic (exact) mass is 437 g/mol. The highest BCUT2D eigenvalue weighted by molar-refractivity contribution is 5.95. The summed E-state index contributed by atoms with van der Waals surface area (Å²) in [5.74, 6) is -0.515. The van der Waals surface area contributed by atoms with E-state index in [0.29, 0.717) is 38.5 Å². The second-order valence-electron chi connectivity index (χ2n) is 7.25. The van der Waals surface area contributed by atoms with Gasteiger partial charge in [0.05, 0.1) is 25.9 Å². The molecule has 0 aliphatic rings. The molecule has 1 aromatic heterocycles. The number of pyridine rings is 1. The van der Waals surface area contributed by atoms with Crippen LogP contribution >= 0.6 is 0 Å². The van der Waals surface area contributed by atoms with Crippen LogP contribution in [0.2, 0.25) is 0 Å². The average molecular weight is 438 g/mol. The van der Waals surface area contributed by atoms with E-state index >= 15 is 0 Å². The number of benzene rings is 2. The van der Waals surface area contributed by atoms with E-state index in [2.05, 4.69) is 15.6 Å². The molecule has 0 saturated heterocycles. The Kier molecular flexibility index (Phi) is 9.31. The summed E-state index contributed by atoms with van der Waals surface area (Å²) in [6.07, 6.45) is 3.84. The second kappa shape index (κ2) is 12.7. The van der Waals surface area contributed by atoms with Crippen LogP contribution in [0.5, 0.6) is 0 Å². The number of rotatable bonds is 12. The van der Waals surface area contributed by atoms with Gasteiger partial charge in [0.2, 0.25) is 5.91 Å². The largest absolute Gasteiger partial charge is 0.382 e. The minimum absolute atomic E-state index is 0.192. The zero-order chi connectivity index (χ0) is 22.6. The van der Waals surface area contributed by atoms with Gasteiger partial charge >= 0.3 is 0 Å². The van der Waals surface area contributed by atoms with Gasteiger partial charge in [-0.1, -0.05) is 24.3 Å². The van der Waals surface area contributed by atoms with Crippen LogP contribution in [0.25, 0.3) is 11.1 Å². The molecule has 1 amide bonds. The smallest absolute Gasteiger partial charge is 0.241 e. The lowest BCUT2D eigenvalue weighted by molar-refractivity contribution is -0.118. The van der Waals surface area contributed by atoms with E-state index in [-0.39, 0.29) is 11.7 Å². The maximum absolute atomic E-state index is 13.6. The highest BCUT2D eigenvalue weighted by atomic mass is 19.1. The number of nitrogens with zero attached hydrogens (tertiary/aromatic N) is 1. The predicted molar refractivity (Wildman–Crippen MR) is 123 cm³/mol. The van der Waals surface area contributed by atoms with E-state index in [1.807, 2.05) is 42.5 Å². The first-order chi connectivity index (χ1) is 15.7. The topological polar surface area (TPSA) is 72.5 Å². The van der Waals surface area contributed by atoms with Crippen molar-refractivity contribution in [2.75, 3.05) is 38.8 Å². The predicted octanol–water partition coefficient (Wildman–Crippen LogP) is 3.69. The van der Waals surface area contributed by atoms with Gasteiger partial charge in [0.25, 0.3) is 0 Å². The summed E-state index contributed by atoms with van der Waals surface area (Å²) in [7, 11) is 1.62. The van der Waals surface area contributed by atoms with Crippen molar-refractivity contribution in [3.63, 3.8) is 0 Å². The first kappa shape index (κ1) is 23.5. The van der Waals surface area contributed by atoms with Crippen molar-refractivity contribution in [1.29, 1.82) is 0 Å². The van der Waals surface area contributed by atoms with E-state index in [4.69, 9.17) is 9.47 Å². The molecule has 32 heavy (non-hydrogen) atoms. The molecular weight excluding hydrogens is 409 g/mol. The molecule has 0 spiro atoms. The van der Waals surface area contributed by atoms with E-state index < -0.39 is 6.04 Å². The zero-order valence-corrected chi connectivity index (χ0v) is 18.1. The van der Waals surface area contributed by atoms with Crippen LogP contribution in [0.15, 0.2) is 73.1 Å². The van der Waals surface area contributed by atoms with Gasteiger partial charge in [-0.05, 0) is 59.5 Å². The number of carbonyl (C=O) groups excluding carboxylic acids is 1. The molecule has 2 N–H and O–H groups in total. The van der Waals surface area contributed by atoms with Crippen molar-refractivity contribution in [3.05, 3.63) is 84.4 Å². The summed E-state index contributed by atoms with van der Waals surface area (Å²) < 4.78 is 24.0. The second-order valence-corrected chi connectivity index (χ2v) is 7.25. The molecular formula is C25H28FN3O3. The molecule has 0 aliphatic heterocycles. The van der Waals surface area contributed by atoms with E-state index in [1.165, 1.54) is 12.1 Å². The Balaban J connectivity index is 1.62. The molecule has 0 aliphatic carbocycles. The van der Waals surface area contributed by atoms with Crippen molar-refractivity contribution in [3.8, 4) is 11.1 Å². The fourth-order valence-electron chi connectivity index (χ4n) is 3.23. The third-order valence-electron chi connectivity index (χ3n) is 4.88. The summed E-state index contributed by atoms with van der Waals surface area (Å²) in [6.45, 7) is 1.93. The van der Waals surface area contributed by atoms with Gasteiger partial charge in [-0.15, -0.1) is 0 Å². The van der Waals surface area contributed by atoms with E-state index in [0.717, 1.165) is 16.7 Å². The number of aromatic nitrogens is 1. The summed E-state index contributed by atoms with van der Waals surface area (Å²) in [5, 5.41) is 6.16. The van der Waals surface area contributed by atoms with Crippen LogP contribution in [-0.4, -0.2) is 50.4 Å². The minimum atomic E-state index is -0.539. The Morgan fingerprint density at radius 1 is 1.00 bits per heavy atom. The Hall–Kier alpha value is -3.13. The molecule has 0 bridgehead atoms. The molecule has 0 unspecified atom stereocenters. The quantitative estimate of drug-likeness (QED) is 0.423. The number of anilines is 1. The number of hydrogen-bond acceptors (Lipinski definition) is 5. The molecule has 168 valence electrons. The normalized spacial score (nSPS) is 11.8. The van der Waals surface area contributed by atoms with Crippen LogP contribution < -0.4 is 10.6 Å². The third-order valence-corrected chi connectivity index (χ3v) is 4.88. The minimum Gasteiger partial charge on any atom is -0.382 e. The molecule has 6 nitrogen and oxygen atoms in total. The van der Waals surface area contributed by atoms with Crippen molar-refractivity contribution >= 4 is 11.6 Å². The standard InChI is InChI=1S/C25H28FN3O3/c1-31-15-16-32-14-13-28-24(18-19-3-2-4-22(26)17-19)25(30)29-23-7-5-20(6-8-23)21-9-11-27-12-10-21/h2-12,17,24,28H,13-16,18H2,1H3,(H,29,30)/t24-/m1/s1. The third kappa shape index (κ3) is 7.53. The van der Waals surface area contributed by atoms with Crippen molar-refractivity contribution < 1.29 is 18.7 Å². The van der Waals surface area contributed by atoms with E-state index in [9.17, 15) is 9.18 Å². The number of hydrogen-bond donors (Lipinski definition) is 2. The number of nitrogens with one attached hydrogen (secondary N) is 2. The molecule has 3 rings (SSSR count). The number of halogens is 1. The molecule has 1 heterocycles. The highest BCUT2D eigenvalue weighted by Crippen LogP contribution is 2.20. The SMILES string of the molecule is COCCOCCN[C@H](Cc1cccc(F)c1)C(=O)Nc1ccc(-c2ccncc2)cc1. The van der Waals surface area contributed by atoms with Crippen molar-refractivity contribution in [2.24, 2.45) is 0 Å². The van der Waals surface area contributed by atoms with Gasteiger partial charge in [-0.2, -0.15) is 0 Å². The molecule has 0 fully saturated rings. The van der Waals surface area contributed by atoms with Crippen LogP contribution in [0.1, 0.15) is 5.56 Å². The van der Waals surface area contributed by atoms with Gasteiger partial charge in [0.15, 0.2) is 0 Å². The van der Waals surface area contributed by atoms with Crippen molar-refractivity contribution in [1.82, 2.24) is 10.3 Å². The first-order valence-electron chi connectivity index (χ1n) is 10.5. The maximum atomic E-state index is 13.6. The Morgan fingerprint density at radius 2 is 1.75 bits per heavy atom. The Morgan fingerprint density at radius 3 is 2.47 bits per heavy atom. The molecule has 1 atom stereocenters. The number of ether oxygens (including phenoxy) is 2. The summed E-state index contributed by atoms with van der Waals surface area (Å²) in [5.41, 5.74) is 3.52. The van der Waals surface area contributed by atoms with Crippen LogP contribution in [0.3, 0.4) is 0 Å². The lowest BCUT2D eigenvalue weighted by Gasteiger charge is -2.19. The number of carbonyl (C=O) groups is 1.